The lowest BCUT2D eigenvalue weighted by Gasteiger charge is -2.34. The monoisotopic (exact) mass is 556 g/mol. The van der Waals surface area contributed by atoms with E-state index in [9.17, 15) is 0 Å². The number of thiophene rings is 1. The number of hydrogen-bond donors (Lipinski definition) is 1. The van der Waals surface area contributed by atoms with Gasteiger partial charge in [0, 0.05) is 31.6 Å². The van der Waals surface area contributed by atoms with Gasteiger partial charge in [-0.05, 0) is 67.1 Å². The number of rotatable bonds is 6. The van der Waals surface area contributed by atoms with Crippen LogP contribution in [0.3, 0.4) is 0 Å². The summed E-state index contributed by atoms with van der Waals surface area (Å²) in [4.78, 5) is 11.0. The van der Waals surface area contributed by atoms with Crippen molar-refractivity contribution in [1.29, 1.82) is 0 Å². The van der Waals surface area contributed by atoms with E-state index in [4.69, 9.17) is 9.47 Å². The van der Waals surface area contributed by atoms with Gasteiger partial charge in [0.1, 0.15) is 0 Å². The van der Waals surface area contributed by atoms with E-state index < -0.39 is 0 Å². The number of fused-ring (bicyclic) bond motifs is 1. The first-order valence-electron chi connectivity index (χ1n) is 10.7. The predicted molar refractivity (Wildman–Crippen MR) is 138 cm³/mol. The molecule has 0 saturated carbocycles. The molecule has 0 aliphatic carbocycles. The third-order valence-corrected chi connectivity index (χ3v) is 7.11. The number of likely N-dealkylation sites (tertiary alicyclic amines) is 1. The van der Waals surface area contributed by atoms with Crippen molar-refractivity contribution in [3.05, 3.63) is 45.6 Å². The largest absolute Gasteiger partial charge is 0.493 e. The molecule has 4 rings (SSSR count). The fourth-order valence-electron chi connectivity index (χ4n) is 4.53. The van der Waals surface area contributed by atoms with E-state index in [0.717, 1.165) is 43.5 Å². The van der Waals surface area contributed by atoms with Gasteiger partial charge in [0.25, 0.3) is 0 Å². The number of ether oxygens (including phenoxy) is 2. The molecular formula is C23H33IN4O2S. The number of guanidine groups is 1. The number of benzene rings is 1. The summed E-state index contributed by atoms with van der Waals surface area (Å²) in [6.07, 6.45) is 3.56. The van der Waals surface area contributed by atoms with Crippen LogP contribution < -0.4 is 14.8 Å². The Kier molecular flexibility index (Phi) is 8.85. The first-order valence-corrected chi connectivity index (χ1v) is 11.6. The van der Waals surface area contributed by atoms with E-state index in [1.807, 2.05) is 18.4 Å². The molecule has 1 saturated heterocycles. The van der Waals surface area contributed by atoms with Crippen LogP contribution in [-0.4, -0.2) is 63.2 Å². The fraction of sp³-hybridized carbons (Fsp3) is 0.522. The molecule has 0 spiro atoms. The second kappa shape index (κ2) is 11.4. The summed E-state index contributed by atoms with van der Waals surface area (Å²) in [5.74, 6) is 2.56. The van der Waals surface area contributed by atoms with Gasteiger partial charge in [-0.3, -0.25) is 9.89 Å². The van der Waals surface area contributed by atoms with Crippen molar-refractivity contribution in [1.82, 2.24) is 15.1 Å². The summed E-state index contributed by atoms with van der Waals surface area (Å²) in [7, 11) is 5.26. The summed E-state index contributed by atoms with van der Waals surface area (Å²) >= 11 is 1.85. The second-order valence-corrected chi connectivity index (χ2v) is 8.83. The molecule has 1 N–H and O–H groups in total. The minimum atomic E-state index is 0. The molecule has 0 amide bonds. The Morgan fingerprint density at radius 2 is 1.84 bits per heavy atom. The number of nitrogens with one attached hydrogen (secondary N) is 1. The van der Waals surface area contributed by atoms with Gasteiger partial charge in [-0.25, -0.2) is 0 Å². The van der Waals surface area contributed by atoms with Crippen LogP contribution in [0.4, 0.5) is 0 Å². The maximum absolute atomic E-state index is 5.51. The van der Waals surface area contributed by atoms with Crippen LogP contribution in [0, 0.1) is 0 Å². The van der Waals surface area contributed by atoms with E-state index in [1.165, 1.54) is 41.9 Å². The van der Waals surface area contributed by atoms with Crippen molar-refractivity contribution in [2.45, 2.75) is 31.8 Å². The first kappa shape index (κ1) is 24.1. The van der Waals surface area contributed by atoms with Gasteiger partial charge in [-0.1, -0.05) is 6.07 Å². The highest BCUT2D eigenvalue weighted by Gasteiger charge is 2.26. The Balaban J connectivity index is 0.00000272. The summed E-state index contributed by atoms with van der Waals surface area (Å²) in [5, 5.41) is 5.85. The predicted octanol–water partition coefficient (Wildman–Crippen LogP) is 4.15. The number of hydrogen-bond acceptors (Lipinski definition) is 5. The highest BCUT2D eigenvalue weighted by molar-refractivity contribution is 14.0. The van der Waals surface area contributed by atoms with Gasteiger partial charge >= 0.3 is 0 Å². The minimum absolute atomic E-state index is 0. The smallest absolute Gasteiger partial charge is 0.194 e. The van der Waals surface area contributed by atoms with Crippen molar-refractivity contribution in [3.63, 3.8) is 0 Å². The second-order valence-electron chi connectivity index (χ2n) is 7.85. The third kappa shape index (κ3) is 5.46. The molecular weight excluding hydrogens is 523 g/mol. The molecule has 1 unspecified atom stereocenters. The van der Waals surface area contributed by atoms with Gasteiger partial charge in [0.05, 0.1) is 20.3 Å². The maximum Gasteiger partial charge on any atom is 0.194 e. The number of nitrogens with zero attached hydrogens (tertiary/aromatic N) is 3. The molecule has 1 aromatic heterocycles. The van der Waals surface area contributed by atoms with Crippen LogP contribution in [0.5, 0.6) is 11.5 Å². The van der Waals surface area contributed by atoms with Crippen molar-refractivity contribution < 1.29 is 9.47 Å². The van der Waals surface area contributed by atoms with Crippen molar-refractivity contribution >= 4 is 41.3 Å². The lowest BCUT2D eigenvalue weighted by molar-refractivity contribution is 0.246. The number of methoxy groups -OCH3 is 2. The van der Waals surface area contributed by atoms with Crippen molar-refractivity contribution in [2.24, 2.45) is 4.99 Å². The van der Waals surface area contributed by atoms with E-state index in [1.54, 1.807) is 14.2 Å². The number of halogens is 1. The summed E-state index contributed by atoms with van der Waals surface area (Å²) < 4.78 is 11.0. The minimum Gasteiger partial charge on any atom is -0.493 e. The zero-order valence-electron chi connectivity index (χ0n) is 18.6. The molecule has 1 atom stereocenters. The van der Waals surface area contributed by atoms with E-state index in [-0.39, 0.29) is 24.0 Å². The standard InChI is InChI=1S/C23H32N4O2S.HI/c1-24-23(25-15-19(22-7-6-12-30-22)26-9-4-5-10-26)27-11-8-17-13-20(28-2)21(29-3)14-18(17)16-27;/h6-7,12-14,19H,4-5,8-11,15-16H2,1-3H3,(H,24,25);1H. The van der Waals surface area contributed by atoms with Crippen LogP contribution >= 0.6 is 35.3 Å². The molecule has 2 aromatic rings. The molecule has 0 radical (unpaired) electrons. The molecule has 2 aliphatic heterocycles. The van der Waals surface area contributed by atoms with Crippen LogP contribution in [0.2, 0.25) is 0 Å². The first-order chi connectivity index (χ1) is 14.7. The quantitative estimate of drug-likeness (QED) is 0.329. The van der Waals surface area contributed by atoms with E-state index >= 15 is 0 Å². The van der Waals surface area contributed by atoms with Gasteiger partial charge in [0.15, 0.2) is 17.5 Å². The van der Waals surface area contributed by atoms with Gasteiger partial charge in [-0.2, -0.15) is 0 Å². The Hall–Kier alpha value is -1.52. The van der Waals surface area contributed by atoms with Gasteiger partial charge in [-0.15, -0.1) is 35.3 Å². The zero-order valence-corrected chi connectivity index (χ0v) is 21.7. The Morgan fingerprint density at radius 1 is 1.13 bits per heavy atom. The third-order valence-electron chi connectivity index (χ3n) is 6.14. The van der Waals surface area contributed by atoms with Crippen LogP contribution in [0.15, 0.2) is 34.6 Å². The molecule has 31 heavy (non-hydrogen) atoms. The van der Waals surface area contributed by atoms with E-state index in [0.29, 0.717) is 6.04 Å². The molecule has 0 bridgehead atoms. The normalized spacial score (nSPS) is 17.6. The highest BCUT2D eigenvalue weighted by atomic mass is 127. The SMILES string of the molecule is CN=C(NCC(c1cccs1)N1CCCC1)N1CCc2cc(OC)c(OC)cc2C1.I. The maximum atomic E-state index is 5.51. The van der Waals surface area contributed by atoms with Crippen LogP contribution in [0.1, 0.15) is 34.9 Å². The Bertz CT molecular complexity index is 869. The topological polar surface area (TPSA) is 49.3 Å². The summed E-state index contributed by atoms with van der Waals surface area (Å²) in [6, 6.07) is 9.04. The molecule has 170 valence electrons. The zero-order chi connectivity index (χ0) is 20.9. The Labute approximate surface area is 206 Å². The molecule has 1 aromatic carbocycles. The van der Waals surface area contributed by atoms with Crippen molar-refractivity contribution in [3.8, 4) is 11.5 Å². The van der Waals surface area contributed by atoms with Crippen LogP contribution in [0.25, 0.3) is 0 Å². The summed E-state index contributed by atoms with van der Waals surface area (Å²) in [6.45, 7) is 5.00. The average Bonchev–Trinajstić information content (AvgIpc) is 3.50. The summed E-state index contributed by atoms with van der Waals surface area (Å²) in [5.41, 5.74) is 2.60. The lowest BCUT2D eigenvalue weighted by Crippen LogP contribution is -2.46. The van der Waals surface area contributed by atoms with Crippen LogP contribution in [-0.2, 0) is 13.0 Å². The van der Waals surface area contributed by atoms with Gasteiger partial charge in [0.2, 0.25) is 0 Å². The fourth-order valence-corrected chi connectivity index (χ4v) is 5.39. The highest BCUT2D eigenvalue weighted by Crippen LogP contribution is 2.33. The Morgan fingerprint density at radius 3 is 2.45 bits per heavy atom. The molecule has 3 heterocycles. The molecule has 8 heteroatoms. The molecule has 1 fully saturated rings. The lowest BCUT2D eigenvalue weighted by atomic mass is 9.99. The molecule has 6 nitrogen and oxygen atoms in total. The van der Waals surface area contributed by atoms with Crippen molar-refractivity contribution in [2.75, 3.05) is 47.4 Å². The molecule has 2 aliphatic rings. The average molecular weight is 557 g/mol. The number of aliphatic imine (C=N–C) groups is 1. The van der Waals surface area contributed by atoms with E-state index in [2.05, 4.69) is 49.8 Å². The van der Waals surface area contributed by atoms with Gasteiger partial charge < -0.3 is 19.7 Å².